The highest BCUT2D eigenvalue weighted by Crippen LogP contribution is 2.21. The van der Waals surface area contributed by atoms with Crippen molar-refractivity contribution in [1.29, 1.82) is 0 Å². The Morgan fingerprint density at radius 2 is 1.76 bits per heavy atom. The van der Waals surface area contributed by atoms with Gasteiger partial charge in [0.1, 0.15) is 11.4 Å². The molecular weight excluding hydrogens is 492 g/mol. The van der Waals surface area contributed by atoms with E-state index in [1.54, 1.807) is 62.0 Å². The third-order valence-electron chi connectivity index (χ3n) is 5.08. The molecule has 0 spiro atoms. The molecule has 1 N–H and O–H groups in total. The molecule has 4 rings (SSSR count). The lowest BCUT2D eigenvalue weighted by atomic mass is 10.2. The van der Waals surface area contributed by atoms with Crippen LogP contribution in [0.3, 0.4) is 0 Å². The molecule has 37 heavy (non-hydrogen) atoms. The Morgan fingerprint density at radius 3 is 2.41 bits per heavy atom. The molecule has 0 atom stereocenters. The van der Waals surface area contributed by atoms with Crippen LogP contribution in [-0.2, 0) is 27.8 Å². The van der Waals surface area contributed by atoms with Crippen LogP contribution in [0.2, 0.25) is 0 Å². The van der Waals surface area contributed by atoms with Crippen LogP contribution >= 0.6 is 0 Å². The van der Waals surface area contributed by atoms with Gasteiger partial charge in [-0.2, -0.15) is 9.40 Å². The summed E-state index contributed by atoms with van der Waals surface area (Å²) in [5.41, 5.74) is 1.41. The highest BCUT2D eigenvalue weighted by Gasteiger charge is 2.27. The summed E-state index contributed by atoms with van der Waals surface area (Å²) in [6.07, 6.45) is 4.31. The predicted octanol–water partition coefficient (Wildman–Crippen LogP) is 4.40. The van der Waals surface area contributed by atoms with E-state index in [2.05, 4.69) is 20.4 Å². The number of anilines is 1. The fourth-order valence-electron chi connectivity index (χ4n) is 3.46. The van der Waals surface area contributed by atoms with Gasteiger partial charge in [-0.05, 0) is 68.8 Å². The summed E-state index contributed by atoms with van der Waals surface area (Å²) in [6.45, 7) is 5.34. The zero-order chi connectivity index (χ0) is 26.5. The van der Waals surface area contributed by atoms with Crippen LogP contribution in [0.1, 0.15) is 32.0 Å². The largest absolute Gasteiger partial charge is 0.444 e. The van der Waals surface area contributed by atoms with Crippen LogP contribution in [0.4, 0.5) is 10.6 Å². The lowest BCUT2D eigenvalue weighted by molar-refractivity contribution is 0.0635. The number of benzene rings is 1. The molecule has 10 nitrogen and oxygen atoms in total. The van der Waals surface area contributed by atoms with Crippen molar-refractivity contribution in [3.63, 3.8) is 0 Å². The minimum absolute atomic E-state index is 0.0380. The number of nitrogens with one attached hydrogen (secondary N) is 1. The van der Waals surface area contributed by atoms with Crippen molar-refractivity contribution in [2.75, 3.05) is 5.32 Å². The number of hydrogen-bond acceptors (Lipinski definition) is 7. The van der Waals surface area contributed by atoms with Gasteiger partial charge in [0.05, 0.1) is 17.9 Å². The van der Waals surface area contributed by atoms with E-state index in [1.165, 1.54) is 16.6 Å². The maximum Gasteiger partial charge on any atom is 0.413 e. The standard InChI is InChI=1S/C26H28N6O4S/c1-26(2,3)36-25(33)30-23-9-6-8-21(29-23)19-31(37(34,35)24-10-4-5-15-27-24)18-20-11-13-22(14-12-20)32-17-7-16-28-32/h4-17H,18-19H2,1-3H3,(H,29,30,33). The third-order valence-corrected chi connectivity index (χ3v) is 6.79. The second kappa shape index (κ2) is 10.9. The second-order valence-electron chi connectivity index (χ2n) is 9.20. The van der Waals surface area contributed by atoms with Gasteiger partial charge < -0.3 is 4.74 Å². The predicted molar refractivity (Wildman–Crippen MR) is 138 cm³/mol. The SMILES string of the molecule is CC(C)(C)OC(=O)Nc1cccc(CN(Cc2ccc(-n3cccn3)cc2)S(=O)(=O)c2ccccn2)n1. The molecule has 0 unspecified atom stereocenters. The molecule has 3 heterocycles. The Bertz CT molecular complexity index is 1430. The first kappa shape index (κ1) is 26.0. The summed E-state index contributed by atoms with van der Waals surface area (Å²) in [5.74, 6) is 0.255. The number of pyridine rings is 2. The van der Waals surface area contributed by atoms with E-state index in [9.17, 15) is 13.2 Å². The summed E-state index contributed by atoms with van der Waals surface area (Å²) in [6, 6.07) is 19.0. The quantitative estimate of drug-likeness (QED) is 0.366. The molecule has 1 amide bonds. The first-order valence-electron chi connectivity index (χ1n) is 11.6. The smallest absolute Gasteiger partial charge is 0.413 e. The molecule has 0 aliphatic rings. The Labute approximate surface area is 216 Å². The Hall–Kier alpha value is -4.09. The fraction of sp³-hybridized carbons (Fsp3) is 0.231. The van der Waals surface area contributed by atoms with Gasteiger partial charge in [0.15, 0.2) is 5.03 Å². The second-order valence-corrected chi connectivity index (χ2v) is 11.1. The molecule has 11 heteroatoms. The topological polar surface area (TPSA) is 119 Å². The van der Waals surface area contributed by atoms with Gasteiger partial charge in [0.25, 0.3) is 10.0 Å². The number of hydrogen-bond donors (Lipinski definition) is 1. The summed E-state index contributed by atoms with van der Waals surface area (Å²) >= 11 is 0. The minimum Gasteiger partial charge on any atom is -0.444 e. The molecule has 0 fully saturated rings. The van der Waals surface area contributed by atoms with E-state index in [-0.39, 0.29) is 23.9 Å². The molecule has 4 aromatic rings. The van der Waals surface area contributed by atoms with Crippen LogP contribution in [0.15, 0.2) is 90.3 Å². The monoisotopic (exact) mass is 520 g/mol. The number of amides is 1. The van der Waals surface area contributed by atoms with Crippen LogP contribution < -0.4 is 5.32 Å². The lowest BCUT2D eigenvalue weighted by Crippen LogP contribution is -2.31. The van der Waals surface area contributed by atoms with Gasteiger partial charge in [-0.25, -0.2) is 27.9 Å². The van der Waals surface area contributed by atoms with Crippen molar-refractivity contribution in [3.05, 3.63) is 96.6 Å². The van der Waals surface area contributed by atoms with Crippen molar-refractivity contribution >= 4 is 21.9 Å². The molecule has 0 bridgehead atoms. The van der Waals surface area contributed by atoms with E-state index in [0.717, 1.165) is 11.3 Å². The summed E-state index contributed by atoms with van der Waals surface area (Å²) in [7, 11) is -3.96. The highest BCUT2D eigenvalue weighted by atomic mass is 32.2. The molecular formula is C26H28N6O4S. The number of nitrogens with zero attached hydrogens (tertiary/aromatic N) is 5. The summed E-state index contributed by atoms with van der Waals surface area (Å²) in [4.78, 5) is 20.7. The van der Waals surface area contributed by atoms with Gasteiger partial charge in [-0.15, -0.1) is 0 Å². The molecule has 192 valence electrons. The van der Waals surface area contributed by atoms with Gasteiger partial charge in [0, 0.05) is 25.1 Å². The Balaban J connectivity index is 1.59. The maximum atomic E-state index is 13.5. The van der Waals surface area contributed by atoms with E-state index in [4.69, 9.17) is 4.74 Å². The molecule has 0 aliphatic heterocycles. The number of carbonyl (C=O) groups is 1. The minimum atomic E-state index is -3.96. The van der Waals surface area contributed by atoms with Crippen LogP contribution in [0, 0.1) is 0 Å². The lowest BCUT2D eigenvalue weighted by Gasteiger charge is -2.22. The molecule has 1 aromatic carbocycles. The van der Waals surface area contributed by atoms with Crippen molar-refractivity contribution in [3.8, 4) is 5.69 Å². The number of carbonyl (C=O) groups excluding carboxylic acids is 1. The van der Waals surface area contributed by atoms with E-state index in [1.807, 2.05) is 36.5 Å². The molecule has 3 aromatic heterocycles. The first-order chi connectivity index (χ1) is 17.6. The van der Waals surface area contributed by atoms with Crippen LogP contribution in [0.5, 0.6) is 0 Å². The summed E-state index contributed by atoms with van der Waals surface area (Å²) < 4.78 is 35.4. The van der Waals surface area contributed by atoms with E-state index in [0.29, 0.717) is 5.69 Å². The number of aromatic nitrogens is 4. The fourth-order valence-corrected chi connectivity index (χ4v) is 4.79. The van der Waals surface area contributed by atoms with Gasteiger partial charge in [0.2, 0.25) is 0 Å². The van der Waals surface area contributed by atoms with Gasteiger partial charge in [-0.1, -0.05) is 24.3 Å². The zero-order valence-electron chi connectivity index (χ0n) is 20.8. The zero-order valence-corrected chi connectivity index (χ0v) is 21.6. The summed E-state index contributed by atoms with van der Waals surface area (Å²) in [5, 5.41) is 6.74. The normalized spacial score (nSPS) is 11.9. The first-order valence-corrected chi connectivity index (χ1v) is 13.0. The number of ether oxygens (including phenoxy) is 1. The molecule has 0 aliphatic carbocycles. The van der Waals surface area contributed by atoms with Crippen LogP contribution in [0.25, 0.3) is 5.69 Å². The van der Waals surface area contributed by atoms with E-state index >= 15 is 0 Å². The van der Waals surface area contributed by atoms with Crippen molar-refractivity contribution in [2.24, 2.45) is 0 Å². The van der Waals surface area contributed by atoms with Crippen molar-refractivity contribution in [1.82, 2.24) is 24.1 Å². The Morgan fingerprint density at radius 1 is 0.973 bits per heavy atom. The highest BCUT2D eigenvalue weighted by molar-refractivity contribution is 7.89. The van der Waals surface area contributed by atoms with Crippen LogP contribution in [-0.4, -0.2) is 44.2 Å². The average molecular weight is 521 g/mol. The van der Waals surface area contributed by atoms with Crippen molar-refractivity contribution < 1.29 is 17.9 Å². The maximum absolute atomic E-state index is 13.5. The number of rotatable bonds is 8. The third kappa shape index (κ3) is 6.99. The number of sulfonamides is 1. The average Bonchev–Trinajstić information content (AvgIpc) is 3.39. The Kier molecular flexibility index (Phi) is 7.65. The van der Waals surface area contributed by atoms with Gasteiger partial charge >= 0.3 is 6.09 Å². The van der Waals surface area contributed by atoms with Crippen molar-refractivity contribution in [2.45, 2.75) is 44.5 Å². The molecule has 0 saturated carbocycles. The van der Waals surface area contributed by atoms with E-state index < -0.39 is 21.7 Å². The van der Waals surface area contributed by atoms with Gasteiger partial charge in [-0.3, -0.25) is 5.32 Å². The molecule has 0 saturated heterocycles. The molecule has 0 radical (unpaired) electrons.